The number of fused-ring (bicyclic) bond motifs is 4. The molecule has 3 rings (SSSR count). The quantitative estimate of drug-likeness (QED) is 0.690. The molecule has 14 heavy (non-hydrogen) atoms. The van der Waals surface area contributed by atoms with Crippen molar-refractivity contribution in [1.82, 2.24) is 10.2 Å². The highest BCUT2D eigenvalue weighted by Gasteiger charge is 2.30. The van der Waals surface area contributed by atoms with Gasteiger partial charge in [-0.05, 0) is 38.3 Å². The van der Waals surface area contributed by atoms with Gasteiger partial charge < -0.3 is 5.32 Å². The van der Waals surface area contributed by atoms with Gasteiger partial charge in [-0.1, -0.05) is 19.8 Å². The molecule has 0 spiro atoms. The number of nitrogens with one attached hydrogen (secondary N) is 1. The van der Waals surface area contributed by atoms with Crippen molar-refractivity contribution in [3.8, 4) is 0 Å². The fraction of sp³-hybridized carbons (Fsp3) is 1.00. The zero-order chi connectivity index (χ0) is 9.80. The van der Waals surface area contributed by atoms with E-state index in [4.69, 9.17) is 0 Å². The van der Waals surface area contributed by atoms with E-state index in [0.717, 1.165) is 12.0 Å². The van der Waals surface area contributed by atoms with Gasteiger partial charge >= 0.3 is 0 Å². The van der Waals surface area contributed by atoms with Crippen LogP contribution in [-0.4, -0.2) is 37.1 Å². The van der Waals surface area contributed by atoms with Gasteiger partial charge in [0.05, 0.1) is 0 Å². The van der Waals surface area contributed by atoms with E-state index in [2.05, 4.69) is 17.1 Å². The van der Waals surface area contributed by atoms with Crippen LogP contribution in [0.4, 0.5) is 0 Å². The first-order valence-electron chi connectivity index (χ1n) is 6.35. The van der Waals surface area contributed by atoms with Crippen molar-refractivity contribution in [3.05, 3.63) is 0 Å². The van der Waals surface area contributed by atoms with E-state index in [1.807, 2.05) is 0 Å². The molecule has 0 amide bonds. The molecule has 0 saturated carbocycles. The third kappa shape index (κ3) is 2.48. The normalized spacial score (nSPS) is 33.2. The van der Waals surface area contributed by atoms with Crippen LogP contribution < -0.4 is 5.32 Å². The summed E-state index contributed by atoms with van der Waals surface area (Å²) in [5.41, 5.74) is 0. The van der Waals surface area contributed by atoms with Crippen molar-refractivity contribution in [1.29, 1.82) is 0 Å². The van der Waals surface area contributed by atoms with Crippen LogP contribution in [0.2, 0.25) is 0 Å². The Morgan fingerprint density at radius 3 is 3.00 bits per heavy atom. The highest BCUT2D eigenvalue weighted by atomic mass is 15.2. The molecule has 0 aromatic rings. The Morgan fingerprint density at radius 2 is 2.14 bits per heavy atom. The van der Waals surface area contributed by atoms with Gasteiger partial charge in [-0.15, -0.1) is 0 Å². The predicted molar refractivity (Wildman–Crippen MR) is 60.5 cm³/mol. The summed E-state index contributed by atoms with van der Waals surface area (Å²) in [5.74, 6) is 0.940. The summed E-state index contributed by atoms with van der Waals surface area (Å²) < 4.78 is 0. The molecule has 3 aliphatic rings. The van der Waals surface area contributed by atoms with Crippen LogP contribution in [-0.2, 0) is 0 Å². The molecule has 2 heteroatoms. The summed E-state index contributed by atoms with van der Waals surface area (Å²) in [5, 5.41) is 3.59. The van der Waals surface area contributed by atoms with Crippen molar-refractivity contribution in [3.63, 3.8) is 0 Å². The molecule has 2 nitrogen and oxygen atoms in total. The first-order chi connectivity index (χ1) is 6.90. The second kappa shape index (κ2) is 5.13. The second-order valence-corrected chi connectivity index (χ2v) is 4.96. The van der Waals surface area contributed by atoms with Crippen LogP contribution in [0.1, 0.15) is 39.0 Å². The molecule has 0 aromatic heterocycles. The molecule has 0 aliphatic carbocycles. The lowest BCUT2D eigenvalue weighted by Gasteiger charge is -2.36. The van der Waals surface area contributed by atoms with Gasteiger partial charge in [0.2, 0.25) is 0 Å². The minimum absolute atomic E-state index is 0.852. The van der Waals surface area contributed by atoms with Gasteiger partial charge in [0.1, 0.15) is 0 Å². The molecule has 0 aromatic carbocycles. The van der Waals surface area contributed by atoms with E-state index in [1.165, 1.54) is 58.3 Å². The van der Waals surface area contributed by atoms with E-state index in [0.29, 0.717) is 0 Å². The number of hydrogen-bond donors (Lipinski definition) is 1. The topological polar surface area (TPSA) is 15.3 Å². The Hall–Kier alpha value is -0.0800. The zero-order valence-electron chi connectivity index (χ0n) is 9.47. The summed E-state index contributed by atoms with van der Waals surface area (Å²) in [4.78, 5) is 2.74. The molecule has 0 radical (unpaired) electrons. The summed E-state index contributed by atoms with van der Waals surface area (Å²) in [7, 11) is 0. The van der Waals surface area contributed by atoms with Gasteiger partial charge in [0.25, 0.3) is 0 Å². The summed E-state index contributed by atoms with van der Waals surface area (Å²) in [6, 6.07) is 0.852. The van der Waals surface area contributed by atoms with E-state index in [-0.39, 0.29) is 0 Å². The molecule has 2 bridgehead atoms. The van der Waals surface area contributed by atoms with Crippen molar-refractivity contribution >= 4 is 0 Å². The van der Waals surface area contributed by atoms with Crippen molar-refractivity contribution < 1.29 is 0 Å². The Labute approximate surface area is 88.1 Å². The van der Waals surface area contributed by atoms with E-state index >= 15 is 0 Å². The number of nitrogens with zero attached hydrogens (tertiary/aromatic N) is 1. The lowest BCUT2D eigenvalue weighted by atomic mass is 9.95. The third-order valence-electron chi connectivity index (χ3n) is 3.78. The molecule has 3 heterocycles. The van der Waals surface area contributed by atoms with Gasteiger partial charge in [-0.25, -0.2) is 0 Å². The summed E-state index contributed by atoms with van der Waals surface area (Å²) in [6.07, 6.45) is 7.05. The summed E-state index contributed by atoms with van der Waals surface area (Å²) in [6.45, 7) is 7.50. The molecule has 2 atom stereocenters. The number of unbranched alkanes of at least 4 members (excludes halogenated alkanes) is 2. The molecule has 82 valence electrons. The van der Waals surface area contributed by atoms with E-state index in [1.54, 1.807) is 0 Å². The maximum Gasteiger partial charge on any atom is 0.0220 e. The lowest BCUT2D eigenvalue weighted by molar-refractivity contribution is 0.131. The monoisotopic (exact) mass is 196 g/mol. The molecular weight excluding hydrogens is 172 g/mol. The average Bonchev–Trinajstić information content (AvgIpc) is 2.53. The number of hydrogen-bond acceptors (Lipinski definition) is 2. The van der Waals surface area contributed by atoms with Crippen molar-refractivity contribution in [2.24, 2.45) is 5.92 Å². The maximum absolute atomic E-state index is 3.59. The van der Waals surface area contributed by atoms with Crippen LogP contribution in [0, 0.1) is 5.92 Å². The van der Waals surface area contributed by atoms with Crippen LogP contribution >= 0.6 is 0 Å². The maximum atomic E-state index is 3.59. The van der Waals surface area contributed by atoms with Crippen LogP contribution in [0.5, 0.6) is 0 Å². The predicted octanol–water partition coefficient (Wildman–Crippen LogP) is 1.86. The summed E-state index contributed by atoms with van der Waals surface area (Å²) >= 11 is 0. The number of rotatable bonds is 4. The highest BCUT2D eigenvalue weighted by Crippen LogP contribution is 2.24. The standard InChI is InChI=1S/C12H24N2/c1-2-3-4-7-14-10-11-5-6-12(14)9-13-8-11/h11-13H,2-10H2,1H3. The van der Waals surface area contributed by atoms with Crippen LogP contribution in [0.15, 0.2) is 0 Å². The largest absolute Gasteiger partial charge is 0.315 e. The Bertz CT molecular complexity index is 166. The van der Waals surface area contributed by atoms with Crippen LogP contribution in [0.25, 0.3) is 0 Å². The molecule has 1 N–H and O–H groups in total. The fourth-order valence-corrected chi connectivity index (χ4v) is 2.87. The molecule has 3 saturated heterocycles. The molecule has 3 fully saturated rings. The van der Waals surface area contributed by atoms with Gasteiger partial charge in [-0.2, -0.15) is 0 Å². The molecular formula is C12H24N2. The SMILES string of the molecule is CCCCCN1CC2CCC1CNC2. The van der Waals surface area contributed by atoms with Gasteiger partial charge in [-0.3, -0.25) is 4.90 Å². The Balaban J connectivity index is 1.80. The van der Waals surface area contributed by atoms with Crippen molar-refractivity contribution in [2.75, 3.05) is 26.2 Å². The highest BCUT2D eigenvalue weighted by molar-refractivity contribution is 4.87. The molecule has 3 aliphatic heterocycles. The van der Waals surface area contributed by atoms with E-state index < -0.39 is 0 Å². The van der Waals surface area contributed by atoms with Gasteiger partial charge in [0, 0.05) is 19.1 Å². The minimum atomic E-state index is 0.852. The van der Waals surface area contributed by atoms with Gasteiger partial charge in [0.15, 0.2) is 0 Å². The number of piperidine rings is 1. The fourth-order valence-electron chi connectivity index (χ4n) is 2.87. The smallest absolute Gasteiger partial charge is 0.0220 e. The second-order valence-electron chi connectivity index (χ2n) is 4.96. The van der Waals surface area contributed by atoms with Crippen molar-refractivity contribution in [2.45, 2.75) is 45.1 Å². The Kier molecular flexibility index (Phi) is 3.82. The third-order valence-corrected chi connectivity index (χ3v) is 3.78. The zero-order valence-corrected chi connectivity index (χ0v) is 9.47. The average molecular weight is 196 g/mol. The lowest BCUT2D eigenvalue weighted by Crippen LogP contribution is -2.43. The Morgan fingerprint density at radius 1 is 1.21 bits per heavy atom. The molecule has 2 unspecified atom stereocenters. The van der Waals surface area contributed by atoms with Crippen LogP contribution in [0.3, 0.4) is 0 Å². The first kappa shape index (κ1) is 10.4. The van der Waals surface area contributed by atoms with E-state index in [9.17, 15) is 0 Å². The minimum Gasteiger partial charge on any atom is -0.315 e. The first-order valence-corrected chi connectivity index (χ1v) is 6.35.